The van der Waals surface area contributed by atoms with Crippen LogP contribution in [0.15, 0.2) is 53.6 Å². The van der Waals surface area contributed by atoms with Gasteiger partial charge < -0.3 is 0 Å². The van der Waals surface area contributed by atoms with Crippen LogP contribution in [-0.2, 0) is 13.0 Å². The zero-order valence-electron chi connectivity index (χ0n) is 16.0. The van der Waals surface area contributed by atoms with Crippen LogP contribution in [0.2, 0.25) is 0 Å². The van der Waals surface area contributed by atoms with E-state index in [9.17, 15) is 14.0 Å². The Morgan fingerprint density at radius 2 is 1.90 bits per heavy atom. The third-order valence-electron chi connectivity index (χ3n) is 4.72. The first-order valence-electron chi connectivity index (χ1n) is 9.18. The van der Waals surface area contributed by atoms with Crippen molar-refractivity contribution < 1.29 is 9.18 Å². The van der Waals surface area contributed by atoms with Crippen molar-refractivity contribution in [2.75, 3.05) is 0 Å². The number of rotatable bonds is 4. The summed E-state index contributed by atoms with van der Waals surface area (Å²) in [5.41, 5.74) is 1.34. The van der Waals surface area contributed by atoms with Gasteiger partial charge in [0.15, 0.2) is 11.5 Å². The Kier molecular flexibility index (Phi) is 4.75. The number of hydrogen-bond acceptors (Lipinski definition) is 5. The normalized spacial score (nSPS) is 11.1. The molecule has 3 aromatic heterocycles. The Morgan fingerprint density at radius 1 is 1.10 bits per heavy atom. The summed E-state index contributed by atoms with van der Waals surface area (Å²) in [7, 11) is 0. The third kappa shape index (κ3) is 3.22. The van der Waals surface area contributed by atoms with E-state index in [1.807, 2.05) is 6.92 Å². The number of benzene rings is 1. The number of fused-ring (bicyclic) bond motifs is 1. The molecular weight excluding hydrogens is 373 g/mol. The molecule has 1 aromatic carbocycles. The van der Waals surface area contributed by atoms with Crippen LogP contribution >= 0.6 is 0 Å². The summed E-state index contributed by atoms with van der Waals surface area (Å²) in [6.45, 7) is 3.28. The van der Waals surface area contributed by atoms with Gasteiger partial charge in [0.1, 0.15) is 11.5 Å². The van der Waals surface area contributed by atoms with Crippen molar-refractivity contribution in [3.8, 4) is 11.5 Å². The molecule has 0 unspecified atom stereocenters. The SMILES string of the molecule is CCc1cnc(-c2nn(Cc3ccccc3F)c3ncccc23)n(C(C)=O)c1=O. The van der Waals surface area contributed by atoms with E-state index < -0.39 is 11.5 Å². The maximum absolute atomic E-state index is 14.1. The fourth-order valence-electron chi connectivity index (χ4n) is 3.27. The van der Waals surface area contributed by atoms with Crippen LogP contribution in [0.5, 0.6) is 0 Å². The van der Waals surface area contributed by atoms with E-state index in [4.69, 9.17) is 0 Å². The smallest absolute Gasteiger partial charge is 0.263 e. The first kappa shape index (κ1) is 18.7. The summed E-state index contributed by atoms with van der Waals surface area (Å²) < 4.78 is 16.7. The summed E-state index contributed by atoms with van der Waals surface area (Å²) in [4.78, 5) is 33.7. The van der Waals surface area contributed by atoms with Crippen LogP contribution in [-0.4, -0.2) is 30.2 Å². The van der Waals surface area contributed by atoms with Crippen LogP contribution in [0.1, 0.15) is 29.8 Å². The minimum atomic E-state index is -0.450. The quantitative estimate of drug-likeness (QED) is 0.534. The molecule has 7 nitrogen and oxygen atoms in total. The minimum absolute atomic E-state index is 0.144. The second kappa shape index (κ2) is 7.38. The van der Waals surface area contributed by atoms with Crippen molar-refractivity contribution in [3.05, 3.63) is 76.1 Å². The first-order chi connectivity index (χ1) is 14.0. The van der Waals surface area contributed by atoms with Gasteiger partial charge in [0.05, 0.1) is 11.9 Å². The third-order valence-corrected chi connectivity index (χ3v) is 4.72. The summed E-state index contributed by atoms with van der Waals surface area (Å²) in [6, 6.07) is 9.94. The Labute approximate surface area is 165 Å². The lowest BCUT2D eigenvalue weighted by molar-refractivity contribution is 0.0933. The van der Waals surface area contributed by atoms with E-state index in [1.165, 1.54) is 19.2 Å². The topological polar surface area (TPSA) is 82.7 Å². The summed E-state index contributed by atoms with van der Waals surface area (Å²) >= 11 is 0. The molecule has 0 bridgehead atoms. The Morgan fingerprint density at radius 3 is 2.62 bits per heavy atom. The fourth-order valence-corrected chi connectivity index (χ4v) is 3.27. The van der Waals surface area contributed by atoms with E-state index >= 15 is 0 Å². The monoisotopic (exact) mass is 391 g/mol. The van der Waals surface area contributed by atoms with Crippen LogP contribution in [0.3, 0.4) is 0 Å². The van der Waals surface area contributed by atoms with Crippen molar-refractivity contribution in [2.45, 2.75) is 26.8 Å². The molecule has 3 heterocycles. The van der Waals surface area contributed by atoms with Crippen molar-refractivity contribution >= 4 is 16.9 Å². The molecule has 0 aliphatic rings. The number of carbonyl (C=O) groups is 1. The summed E-state index contributed by atoms with van der Waals surface area (Å²) in [6.07, 6.45) is 3.54. The fraction of sp³-hybridized carbons (Fsp3) is 0.190. The molecule has 0 spiro atoms. The van der Waals surface area contributed by atoms with Crippen LogP contribution in [0.25, 0.3) is 22.6 Å². The summed E-state index contributed by atoms with van der Waals surface area (Å²) in [5, 5.41) is 5.17. The van der Waals surface area contributed by atoms with E-state index in [0.717, 1.165) is 4.57 Å². The van der Waals surface area contributed by atoms with E-state index in [0.29, 0.717) is 34.3 Å². The highest BCUT2D eigenvalue weighted by molar-refractivity contribution is 5.92. The Bertz CT molecular complexity index is 1290. The number of aryl methyl sites for hydroxylation is 1. The molecule has 29 heavy (non-hydrogen) atoms. The molecule has 4 rings (SSSR count). The standard InChI is InChI=1S/C21H18FN5O2/c1-3-14-11-24-20(27(13(2)28)21(14)29)18-16-8-6-10-23-19(16)26(25-18)12-15-7-4-5-9-17(15)22/h4-11H,3,12H2,1-2H3. The van der Waals surface area contributed by atoms with E-state index in [-0.39, 0.29) is 18.2 Å². The van der Waals surface area contributed by atoms with Gasteiger partial charge >= 0.3 is 0 Å². The average molecular weight is 391 g/mol. The molecule has 0 fully saturated rings. The second-order valence-electron chi connectivity index (χ2n) is 6.59. The molecular formula is C21H18FN5O2. The molecule has 4 aromatic rings. The van der Waals surface area contributed by atoms with Crippen LogP contribution in [0.4, 0.5) is 4.39 Å². The van der Waals surface area contributed by atoms with Crippen molar-refractivity contribution in [1.82, 2.24) is 24.3 Å². The largest absolute Gasteiger partial charge is 0.274 e. The predicted octanol–water partition coefficient (Wildman–Crippen LogP) is 3.06. The highest BCUT2D eigenvalue weighted by Gasteiger charge is 2.21. The molecule has 0 amide bonds. The number of pyridine rings is 1. The molecule has 0 atom stereocenters. The van der Waals surface area contributed by atoms with Crippen LogP contribution < -0.4 is 5.56 Å². The molecule has 0 saturated carbocycles. The van der Waals surface area contributed by atoms with Crippen LogP contribution in [0, 0.1) is 5.82 Å². The number of carbonyl (C=O) groups excluding carboxylic acids is 1. The first-order valence-corrected chi connectivity index (χ1v) is 9.18. The van der Waals surface area contributed by atoms with E-state index in [2.05, 4.69) is 15.1 Å². The predicted molar refractivity (Wildman–Crippen MR) is 106 cm³/mol. The molecule has 0 saturated heterocycles. The van der Waals surface area contributed by atoms with Gasteiger partial charge in [0.2, 0.25) is 5.91 Å². The number of nitrogens with zero attached hydrogens (tertiary/aromatic N) is 5. The molecule has 0 aliphatic carbocycles. The lowest BCUT2D eigenvalue weighted by Crippen LogP contribution is -2.30. The highest BCUT2D eigenvalue weighted by atomic mass is 19.1. The molecule has 0 aliphatic heterocycles. The second-order valence-corrected chi connectivity index (χ2v) is 6.59. The maximum atomic E-state index is 14.1. The Hall–Kier alpha value is -3.68. The van der Waals surface area contributed by atoms with Crippen molar-refractivity contribution in [2.24, 2.45) is 0 Å². The van der Waals surface area contributed by atoms with Gasteiger partial charge in [-0.05, 0) is 24.6 Å². The zero-order chi connectivity index (χ0) is 20.5. The number of hydrogen-bond donors (Lipinski definition) is 0. The highest BCUT2D eigenvalue weighted by Crippen LogP contribution is 2.26. The average Bonchev–Trinajstić information content (AvgIpc) is 3.07. The Balaban J connectivity index is 1.95. The number of aromatic nitrogens is 5. The van der Waals surface area contributed by atoms with Gasteiger partial charge in [-0.1, -0.05) is 25.1 Å². The zero-order valence-corrected chi connectivity index (χ0v) is 16.0. The van der Waals surface area contributed by atoms with Gasteiger partial charge in [-0.15, -0.1) is 0 Å². The van der Waals surface area contributed by atoms with Gasteiger partial charge in [-0.3, -0.25) is 9.59 Å². The lowest BCUT2D eigenvalue weighted by atomic mass is 10.2. The van der Waals surface area contributed by atoms with Gasteiger partial charge in [0.25, 0.3) is 5.56 Å². The minimum Gasteiger partial charge on any atom is -0.274 e. The number of halogens is 1. The molecule has 8 heteroatoms. The van der Waals surface area contributed by atoms with Crippen molar-refractivity contribution in [3.63, 3.8) is 0 Å². The van der Waals surface area contributed by atoms with Gasteiger partial charge in [0, 0.05) is 30.4 Å². The summed E-state index contributed by atoms with van der Waals surface area (Å²) in [5.74, 6) is -0.654. The van der Waals surface area contributed by atoms with E-state index in [1.54, 1.807) is 41.2 Å². The lowest BCUT2D eigenvalue weighted by Gasteiger charge is -2.08. The maximum Gasteiger partial charge on any atom is 0.263 e. The molecule has 0 N–H and O–H groups in total. The molecule has 0 radical (unpaired) electrons. The molecule has 146 valence electrons. The van der Waals surface area contributed by atoms with Gasteiger partial charge in [-0.25, -0.2) is 23.6 Å². The van der Waals surface area contributed by atoms with Gasteiger partial charge in [-0.2, -0.15) is 5.10 Å². The van der Waals surface area contributed by atoms with Crippen molar-refractivity contribution in [1.29, 1.82) is 0 Å².